The summed E-state index contributed by atoms with van der Waals surface area (Å²) >= 11 is 0. The van der Waals surface area contributed by atoms with Crippen LogP contribution in [0.25, 0.3) is 11.1 Å². The van der Waals surface area contributed by atoms with Crippen LogP contribution >= 0.6 is 0 Å². The van der Waals surface area contributed by atoms with Gasteiger partial charge in [-0.2, -0.15) is 0 Å². The summed E-state index contributed by atoms with van der Waals surface area (Å²) < 4.78 is 5.30. The van der Waals surface area contributed by atoms with Crippen LogP contribution in [0.4, 0.5) is 0 Å². The fraction of sp³-hybridized carbons (Fsp3) is 0.167. The highest BCUT2D eigenvalue weighted by Crippen LogP contribution is 2.18. The maximum Gasteiger partial charge on any atom is 0.270 e. The smallest absolute Gasteiger partial charge is 0.270 e. The van der Waals surface area contributed by atoms with Gasteiger partial charge in [-0.3, -0.25) is 19.8 Å². The minimum absolute atomic E-state index is 0.325. The maximum atomic E-state index is 11.5. The van der Waals surface area contributed by atoms with Crippen LogP contribution in [0, 0.1) is 0 Å². The quantitative estimate of drug-likeness (QED) is 0.832. The lowest BCUT2D eigenvalue weighted by Crippen LogP contribution is -2.19. The normalized spacial score (nSPS) is 10.2. The Labute approximate surface area is 97.1 Å². The molecular weight excluding hydrogens is 220 g/mol. The second kappa shape index (κ2) is 4.69. The standard InChI is InChI=1S/C12H12N2O3/c1-2-17-9-5-3-8(4-6-9)10-7-11(15)13-14-12(10)16/h3-7H,2H2,1H3,(H,13,15)(H,14,16). The van der Waals surface area contributed by atoms with E-state index in [9.17, 15) is 9.59 Å². The molecule has 0 unspecified atom stereocenters. The molecule has 2 N–H and O–H groups in total. The highest BCUT2D eigenvalue weighted by molar-refractivity contribution is 5.62. The van der Waals surface area contributed by atoms with Crippen molar-refractivity contribution in [3.8, 4) is 16.9 Å². The van der Waals surface area contributed by atoms with Crippen molar-refractivity contribution in [2.24, 2.45) is 0 Å². The summed E-state index contributed by atoms with van der Waals surface area (Å²) in [6.45, 7) is 2.49. The van der Waals surface area contributed by atoms with Crippen LogP contribution in [-0.2, 0) is 0 Å². The molecule has 1 heterocycles. The van der Waals surface area contributed by atoms with Gasteiger partial charge in [-0.05, 0) is 24.6 Å². The van der Waals surface area contributed by atoms with Crippen molar-refractivity contribution in [2.75, 3.05) is 6.61 Å². The van der Waals surface area contributed by atoms with E-state index >= 15 is 0 Å². The third kappa shape index (κ3) is 2.44. The fourth-order valence-corrected chi connectivity index (χ4v) is 1.53. The minimum Gasteiger partial charge on any atom is -0.494 e. The molecule has 2 aromatic rings. The average molecular weight is 232 g/mol. The Balaban J connectivity index is 2.43. The van der Waals surface area contributed by atoms with Gasteiger partial charge < -0.3 is 4.74 Å². The first-order valence-corrected chi connectivity index (χ1v) is 5.26. The molecule has 17 heavy (non-hydrogen) atoms. The zero-order chi connectivity index (χ0) is 12.3. The summed E-state index contributed by atoms with van der Waals surface area (Å²) in [6, 6.07) is 8.29. The number of ether oxygens (including phenoxy) is 1. The van der Waals surface area contributed by atoms with Crippen LogP contribution in [0.5, 0.6) is 5.75 Å². The Hall–Kier alpha value is -2.30. The molecule has 0 aliphatic rings. The Morgan fingerprint density at radius 3 is 2.47 bits per heavy atom. The molecule has 0 aliphatic heterocycles. The molecule has 5 nitrogen and oxygen atoms in total. The Kier molecular flexibility index (Phi) is 3.09. The number of hydrogen-bond donors (Lipinski definition) is 2. The van der Waals surface area contributed by atoms with Crippen LogP contribution < -0.4 is 15.9 Å². The number of hydrogen-bond acceptors (Lipinski definition) is 3. The molecule has 0 atom stereocenters. The predicted octanol–water partition coefficient (Wildman–Crippen LogP) is 1.13. The highest BCUT2D eigenvalue weighted by atomic mass is 16.5. The molecule has 5 heteroatoms. The van der Waals surface area contributed by atoms with Gasteiger partial charge in [0.25, 0.3) is 11.1 Å². The third-order valence-electron chi connectivity index (χ3n) is 2.30. The van der Waals surface area contributed by atoms with Crippen LogP contribution in [0.2, 0.25) is 0 Å². The SMILES string of the molecule is CCOc1ccc(-c2cc(=O)[nH][nH]c2=O)cc1. The van der Waals surface area contributed by atoms with Gasteiger partial charge >= 0.3 is 0 Å². The molecule has 88 valence electrons. The molecule has 1 aromatic carbocycles. The summed E-state index contributed by atoms with van der Waals surface area (Å²) in [5.74, 6) is 0.734. The number of aromatic amines is 2. The van der Waals surface area contributed by atoms with E-state index in [1.807, 2.05) is 6.92 Å². The van der Waals surface area contributed by atoms with Gasteiger partial charge in [-0.15, -0.1) is 0 Å². The van der Waals surface area contributed by atoms with E-state index in [2.05, 4.69) is 10.2 Å². The minimum atomic E-state index is -0.339. The summed E-state index contributed by atoms with van der Waals surface area (Å²) in [5.41, 5.74) is 0.361. The van der Waals surface area contributed by atoms with E-state index in [4.69, 9.17) is 4.74 Å². The summed E-state index contributed by atoms with van der Waals surface area (Å²) in [6.07, 6.45) is 0. The summed E-state index contributed by atoms with van der Waals surface area (Å²) in [7, 11) is 0. The van der Waals surface area contributed by atoms with E-state index in [0.29, 0.717) is 17.7 Å². The molecule has 0 spiro atoms. The van der Waals surface area contributed by atoms with Crippen molar-refractivity contribution in [3.63, 3.8) is 0 Å². The Morgan fingerprint density at radius 2 is 1.82 bits per heavy atom. The highest BCUT2D eigenvalue weighted by Gasteiger charge is 2.04. The van der Waals surface area contributed by atoms with Crippen molar-refractivity contribution in [3.05, 3.63) is 51.0 Å². The predicted molar refractivity (Wildman–Crippen MR) is 64.3 cm³/mol. The van der Waals surface area contributed by atoms with Crippen molar-refractivity contribution in [1.29, 1.82) is 0 Å². The van der Waals surface area contributed by atoms with Gasteiger partial charge in [0.05, 0.1) is 12.2 Å². The zero-order valence-corrected chi connectivity index (χ0v) is 9.32. The first kappa shape index (κ1) is 11.2. The number of benzene rings is 1. The lowest BCUT2D eigenvalue weighted by atomic mass is 10.1. The molecule has 0 radical (unpaired) electrons. The van der Waals surface area contributed by atoms with Gasteiger partial charge in [0.15, 0.2) is 0 Å². The molecule has 2 rings (SSSR count). The molecule has 0 aliphatic carbocycles. The molecule has 1 aromatic heterocycles. The first-order valence-electron chi connectivity index (χ1n) is 5.26. The lowest BCUT2D eigenvalue weighted by Gasteiger charge is -2.04. The van der Waals surface area contributed by atoms with Crippen LogP contribution in [0.1, 0.15) is 6.92 Å². The second-order valence-electron chi connectivity index (χ2n) is 3.46. The van der Waals surface area contributed by atoms with Gasteiger partial charge in [0, 0.05) is 6.07 Å². The number of H-pyrrole nitrogens is 2. The largest absolute Gasteiger partial charge is 0.494 e. The van der Waals surface area contributed by atoms with E-state index < -0.39 is 0 Å². The van der Waals surface area contributed by atoms with Crippen LogP contribution in [-0.4, -0.2) is 16.8 Å². The van der Waals surface area contributed by atoms with Crippen molar-refractivity contribution in [2.45, 2.75) is 6.92 Å². The van der Waals surface area contributed by atoms with Gasteiger partial charge in [-0.25, -0.2) is 0 Å². The van der Waals surface area contributed by atoms with E-state index in [1.54, 1.807) is 24.3 Å². The molecule has 0 amide bonds. The second-order valence-corrected chi connectivity index (χ2v) is 3.46. The Bertz CT molecular complexity index is 611. The number of nitrogens with one attached hydrogen (secondary N) is 2. The van der Waals surface area contributed by atoms with Crippen molar-refractivity contribution in [1.82, 2.24) is 10.2 Å². The van der Waals surface area contributed by atoms with Crippen molar-refractivity contribution >= 4 is 0 Å². The van der Waals surface area contributed by atoms with Gasteiger partial charge in [-0.1, -0.05) is 12.1 Å². The van der Waals surface area contributed by atoms with Gasteiger partial charge in [0.1, 0.15) is 5.75 Å². The fourth-order valence-electron chi connectivity index (χ4n) is 1.53. The van der Waals surface area contributed by atoms with Crippen molar-refractivity contribution < 1.29 is 4.74 Å². The monoisotopic (exact) mass is 232 g/mol. The molecule has 0 saturated carbocycles. The van der Waals surface area contributed by atoms with E-state index in [-0.39, 0.29) is 11.1 Å². The van der Waals surface area contributed by atoms with Crippen LogP contribution in [0.15, 0.2) is 39.9 Å². The van der Waals surface area contributed by atoms with E-state index in [1.165, 1.54) is 6.07 Å². The molecule has 0 bridgehead atoms. The lowest BCUT2D eigenvalue weighted by molar-refractivity contribution is 0.340. The third-order valence-corrected chi connectivity index (χ3v) is 2.30. The zero-order valence-electron chi connectivity index (χ0n) is 9.32. The summed E-state index contributed by atoms with van der Waals surface area (Å²) in [5, 5.41) is 4.51. The maximum absolute atomic E-state index is 11.5. The van der Waals surface area contributed by atoms with Gasteiger partial charge in [0.2, 0.25) is 0 Å². The molecule has 0 fully saturated rings. The molecular formula is C12H12N2O3. The first-order chi connectivity index (χ1) is 8.20. The summed E-state index contributed by atoms with van der Waals surface area (Å²) in [4.78, 5) is 22.7. The van der Waals surface area contributed by atoms with E-state index in [0.717, 1.165) is 5.75 Å². The number of rotatable bonds is 3. The molecule has 0 saturated heterocycles. The topological polar surface area (TPSA) is 75.0 Å². The van der Waals surface area contributed by atoms with Crippen LogP contribution in [0.3, 0.4) is 0 Å². The number of aromatic nitrogens is 2. The Morgan fingerprint density at radius 1 is 1.12 bits per heavy atom. The average Bonchev–Trinajstić information content (AvgIpc) is 2.34.